The van der Waals surface area contributed by atoms with Crippen molar-refractivity contribution in [1.82, 2.24) is 10.6 Å². The highest BCUT2D eigenvalue weighted by Gasteiger charge is 2.11. The van der Waals surface area contributed by atoms with Gasteiger partial charge in [0.25, 0.3) is 0 Å². The molecule has 0 saturated heterocycles. The minimum atomic E-state index is 0.424. The van der Waals surface area contributed by atoms with Crippen LogP contribution in [0.4, 0.5) is 0 Å². The third-order valence-electron chi connectivity index (χ3n) is 3.19. The fourth-order valence-electron chi connectivity index (χ4n) is 1.50. The minimum Gasteiger partial charge on any atom is -0.356 e. The summed E-state index contributed by atoms with van der Waals surface area (Å²) < 4.78 is 0. The number of thiophene rings is 1. The number of hydrogen-bond acceptors (Lipinski definition) is 2. The highest BCUT2D eigenvalue weighted by molar-refractivity contribution is 7.10. The number of nitrogens with one attached hydrogen (secondary N) is 2. The molecule has 102 valence electrons. The van der Waals surface area contributed by atoms with Crippen LogP contribution in [0.2, 0.25) is 0 Å². The van der Waals surface area contributed by atoms with Crippen LogP contribution in [0.1, 0.15) is 38.5 Å². The van der Waals surface area contributed by atoms with Gasteiger partial charge in [-0.05, 0) is 24.3 Å². The van der Waals surface area contributed by atoms with E-state index < -0.39 is 0 Å². The van der Waals surface area contributed by atoms with Crippen molar-refractivity contribution < 1.29 is 0 Å². The largest absolute Gasteiger partial charge is 0.356 e. The van der Waals surface area contributed by atoms with Crippen LogP contribution in [0.3, 0.4) is 0 Å². The van der Waals surface area contributed by atoms with Crippen LogP contribution in [0.25, 0.3) is 0 Å². The summed E-state index contributed by atoms with van der Waals surface area (Å²) in [6.45, 7) is 9.74. The topological polar surface area (TPSA) is 36.4 Å². The van der Waals surface area contributed by atoms with E-state index >= 15 is 0 Å². The van der Waals surface area contributed by atoms with E-state index in [0.717, 1.165) is 12.5 Å². The lowest BCUT2D eigenvalue weighted by Crippen LogP contribution is -2.45. The Hall–Kier alpha value is -1.03. The predicted octanol–water partition coefficient (Wildman–Crippen LogP) is 3.06. The van der Waals surface area contributed by atoms with E-state index in [1.165, 1.54) is 4.88 Å². The van der Waals surface area contributed by atoms with Crippen molar-refractivity contribution in [3.63, 3.8) is 0 Å². The molecule has 0 aliphatic rings. The molecule has 0 aliphatic heterocycles. The fraction of sp³-hybridized carbons (Fsp3) is 0.643. The van der Waals surface area contributed by atoms with Gasteiger partial charge in [0.1, 0.15) is 0 Å². The molecule has 0 fully saturated rings. The Morgan fingerprint density at radius 3 is 2.56 bits per heavy atom. The molecular weight excluding hydrogens is 242 g/mol. The van der Waals surface area contributed by atoms with E-state index in [0.29, 0.717) is 17.9 Å². The van der Waals surface area contributed by atoms with Gasteiger partial charge in [-0.3, -0.25) is 4.99 Å². The lowest BCUT2D eigenvalue weighted by atomic mass is 10.1. The van der Waals surface area contributed by atoms with E-state index in [4.69, 9.17) is 0 Å². The highest BCUT2D eigenvalue weighted by atomic mass is 32.1. The maximum atomic E-state index is 4.26. The van der Waals surface area contributed by atoms with Gasteiger partial charge >= 0.3 is 0 Å². The summed E-state index contributed by atoms with van der Waals surface area (Å²) in [4.78, 5) is 5.67. The molecule has 0 bridgehead atoms. The summed E-state index contributed by atoms with van der Waals surface area (Å²) in [5.41, 5.74) is 0. The number of aliphatic imine (C=N–C) groups is 1. The second-order valence-corrected chi connectivity index (χ2v) is 6.03. The summed E-state index contributed by atoms with van der Waals surface area (Å²) in [7, 11) is 1.82. The van der Waals surface area contributed by atoms with Crippen LogP contribution < -0.4 is 10.6 Å². The average molecular weight is 267 g/mol. The molecule has 3 nitrogen and oxygen atoms in total. The lowest BCUT2D eigenvalue weighted by Gasteiger charge is -2.21. The molecule has 2 atom stereocenters. The Balaban J connectivity index is 2.41. The number of guanidine groups is 1. The van der Waals surface area contributed by atoms with E-state index in [9.17, 15) is 0 Å². The van der Waals surface area contributed by atoms with Crippen molar-refractivity contribution in [3.05, 3.63) is 22.4 Å². The first-order valence-corrected chi connectivity index (χ1v) is 7.43. The molecule has 1 heterocycles. The molecule has 0 aliphatic carbocycles. The molecule has 1 rings (SSSR count). The zero-order valence-electron chi connectivity index (χ0n) is 12.0. The first-order valence-electron chi connectivity index (χ1n) is 6.55. The quantitative estimate of drug-likeness (QED) is 0.635. The van der Waals surface area contributed by atoms with Crippen molar-refractivity contribution in [2.24, 2.45) is 10.9 Å². The van der Waals surface area contributed by atoms with Crippen LogP contribution in [0, 0.1) is 5.92 Å². The first kappa shape index (κ1) is 15.0. The Morgan fingerprint density at radius 2 is 2.06 bits per heavy atom. The normalized spacial score (nSPS) is 15.6. The molecule has 0 aromatic carbocycles. The van der Waals surface area contributed by atoms with Gasteiger partial charge in [-0.1, -0.05) is 26.8 Å². The van der Waals surface area contributed by atoms with Crippen LogP contribution in [-0.2, 0) is 0 Å². The minimum absolute atomic E-state index is 0.424. The van der Waals surface area contributed by atoms with Crippen molar-refractivity contribution in [1.29, 1.82) is 0 Å². The van der Waals surface area contributed by atoms with E-state index in [1.54, 1.807) is 0 Å². The van der Waals surface area contributed by atoms with Crippen LogP contribution in [0.5, 0.6) is 0 Å². The molecule has 1 aromatic heterocycles. The van der Waals surface area contributed by atoms with Gasteiger partial charge in [0.2, 0.25) is 0 Å². The number of hydrogen-bond donors (Lipinski definition) is 2. The summed E-state index contributed by atoms with van der Waals surface area (Å²) in [5.74, 6) is 2.00. The molecule has 2 N–H and O–H groups in total. The SMILES string of the molecule is CN=C(NCC(C)c1cccs1)NC(C)C(C)C. The van der Waals surface area contributed by atoms with Gasteiger partial charge in [-0.25, -0.2) is 0 Å². The molecule has 0 radical (unpaired) electrons. The van der Waals surface area contributed by atoms with Gasteiger partial charge in [0.15, 0.2) is 5.96 Å². The monoisotopic (exact) mass is 267 g/mol. The highest BCUT2D eigenvalue weighted by Crippen LogP contribution is 2.19. The Kier molecular flexibility index (Phi) is 6.19. The second-order valence-electron chi connectivity index (χ2n) is 5.05. The number of rotatable bonds is 5. The third-order valence-corrected chi connectivity index (χ3v) is 4.30. The van der Waals surface area contributed by atoms with Gasteiger partial charge in [0.05, 0.1) is 0 Å². The zero-order chi connectivity index (χ0) is 13.5. The molecule has 0 amide bonds. The molecule has 0 spiro atoms. The second kappa shape index (κ2) is 7.41. The molecule has 18 heavy (non-hydrogen) atoms. The Labute approximate surface area is 115 Å². The first-order chi connectivity index (χ1) is 8.54. The summed E-state index contributed by atoms with van der Waals surface area (Å²) >= 11 is 1.81. The summed E-state index contributed by atoms with van der Waals surface area (Å²) in [5, 5.41) is 8.92. The summed E-state index contributed by atoms with van der Waals surface area (Å²) in [6.07, 6.45) is 0. The zero-order valence-corrected chi connectivity index (χ0v) is 12.8. The standard InChI is InChI=1S/C14H25N3S/c1-10(2)12(4)17-14(15-5)16-9-11(3)13-7-6-8-18-13/h6-8,10-12H,9H2,1-5H3,(H2,15,16,17). The average Bonchev–Trinajstić information content (AvgIpc) is 2.87. The summed E-state index contributed by atoms with van der Waals surface area (Å²) in [6, 6.07) is 4.71. The maximum Gasteiger partial charge on any atom is 0.191 e. The van der Waals surface area contributed by atoms with Crippen molar-refractivity contribution >= 4 is 17.3 Å². The van der Waals surface area contributed by atoms with Crippen LogP contribution in [0.15, 0.2) is 22.5 Å². The van der Waals surface area contributed by atoms with Crippen molar-refractivity contribution in [3.8, 4) is 0 Å². The van der Waals surface area contributed by atoms with Gasteiger partial charge < -0.3 is 10.6 Å². The predicted molar refractivity (Wildman–Crippen MR) is 81.5 cm³/mol. The van der Waals surface area contributed by atoms with E-state index in [-0.39, 0.29) is 0 Å². The van der Waals surface area contributed by atoms with E-state index in [1.807, 2.05) is 18.4 Å². The van der Waals surface area contributed by atoms with Crippen molar-refractivity contribution in [2.45, 2.75) is 39.7 Å². The fourth-order valence-corrected chi connectivity index (χ4v) is 2.29. The molecule has 2 unspecified atom stereocenters. The Morgan fingerprint density at radius 1 is 1.33 bits per heavy atom. The third kappa shape index (κ3) is 4.69. The van der Waals surface area contributed by atoms with Crippen molar-refractivity contribution in [2.75, 3.05) is 13.6 Å². The van der Waals surface area contributed by atoms with Gasteiger partial charge in [-0.2, -0.15) is 0 Å². The van der Waals surface area contributed by atoms with Gasteiger partial charge in [0, 0.05) is 30.4 Å². The maximum absolute atomic E-state index is 4.26. The molecule has 0 saturated carbocycles. The van der Waals surface area contributed by atoms with Crippen LogP contribution >= 0.6 is 11.3 Å². The molecule has 4 heteroatoms. The van der Waals surface area contributed by atoms with Crippen LogP contribution in [-0.4, -0.2) is 25.6 Å². The smallest absolute Gasteiger partial charge is 0.191 e. The lowest BCUT2D eigenvalue weighted by molar-refractivity contribution is 0.480. The number of nitrogens with zero attached hydrogens (tertiary/aromatic N) is 1. The Bertz CT molecular complexity index is 357. The van der Waals surface area contributed by atoms with Gasteiger partial charge in [-0.15, -0.1) is 11.3 Å². The van der Waals surface area contributed by atoms with E-state index in [2.05, 4.69) is 60.8 Å². The molecule has 1 aromatic rings. The molecular formula is C14H25N3S.